The molecule has 1 amide bonds. The van der Waals surface area contributed by atoms with Gasteiger partial charge in [-0.2, -0.15) is 0 Å². The van der Waals surface area contributed by atoms with E-state index in [2.05, 4.69) is 29.5 Å². The van der Waals surface area contributed by atoms with Gasteiger partial charge in [-0.25, -0.2) is 0 Å². The van der Waals surface area contributed by atoms with E-state index in [-0.39, 0.29) is 5.91 Å². The number of amides is 1. The molecular formula is C13H21N3O. The van der Waals surface area contributed by atoms with Crippen molar-refractivity contribution in [3.8, 4) is 0 Å². The summed E-state index contributed by atoms with van der Waals surface area (Å²) < 4.78 is 0. The van der Waals surface area contributed by atoms with E-state index in [0.29, 0.717) is 19.0 Å². The normalized spacial score (nSPS) is 10.5. The van der Waals surface area contributed by atoms with Crippen molar-refractivity contribution in [3.05, 3.63) is 30.1 Å². The van der Waals surface area contributed by atoms with Crippen molar-refractivity contribution in [2.24, 2.45) is 5.92 Å². The van der Waals surface area contributed by atoms with Crippen LogP contribution < -0.4 is 10.6 Å². The quantitative estimate of drug-likeness (QED) is 0.701. The summed E-state index contributed by atoms with van der Waals surface area (Å²) in [6.45, 7) is 6.18. The first kappa shape index (κ1) is 13.6. The number of hydrogen-bond donors (Lipinski definition) is 2. The van der Waals surface area contributed by atoms with Crippen LogP contribution in [-0.2, 0) is 11.3 Å². The zero-order chi connectivity index (χ0) is 12.5. The van der Waals surface area contributed by atoms with Gasteiger partial charge in [0, 0.05) is 18.9 Å². The minimum absolute atomic E-state index is 0.0329. The van der Waals surface area contributed by atoms with Crippen molar-refractivity contribution in [3.63, 3.8) is 0 Å². The van der Waals surface area contributed by atoms with Crippen LogP contribution in [0.15, 0.2) is 24.5 Å². The first-order valence-corrected chi connectivity index (χ1v) is 6.05. The molecule has 4 nitrogen and oxygen atoms in total. The predicted molar refractivity (Wildman–Crippen MR) is 68.4 cm³/mol. The second-order valence-corrected chi connectivity index (χ2v) is 4.49. The molecule has 0 aliphatic heterocycles. The van der Waals surface area contributed by atoms with E-state index in [9.17, 15) is 4.79 Å². The fourth-order valence-corrected chi connectivity index (χ4v) is 1.36. The Hall–Kier alpha value is -1.42. The Labute approximate surface area is 103 Å². The third-order valence-electron chi connectivity index (χ3n) is 2.42. The number of aromatic nitrogens is 1. The van der Waals surface area contributed by atoms with Gasteiger partial charge in [0.1, 0.15) is 0 Å². The molecular weight excluding hydrogens is 214 g/mol. The van der Waals surface area contributed by atoms with Crippen LogP contribution in [0.3, 0.4) is 0 Å². The van der Waals surface area contributed by atoms with Gasteiger partial charge >= 0.3 is 0 Å². The molecule has 0 bridgehead atoms. The molecule has 1 aromatic rings. The van der Waals surface area contributed by atoms with Gasteiger partial charge in [0.25, 0.3) is 0 Å². The summed E-state index contributed by atoms with van der Waals surface area (Å²) >= 11 is 0. The van der Waals surface area contributed by atoms with Crippen molar-refractivity contribution in [2.75, 3.05) is 13.1 Å². The minimum Gasteiger partial charge on any atom is -0.351 e. The zero-order valence-electron chi connectivity index (χ0n) is 10.6. The molecule has 17 heavy (non-hydrogen) atoms. The monoisotopic (exact) mass is 235 g/mol. The summed E-state index contributed by atoms with van der Waals surface area (Å²) in [6.07, 6.45) is 4.54. The Morgan fingerprint density at radius 1 is 1.35 bits per heavy atom. The van der Waals surface area contributed by atoms with Gasteiger partial charge in [-0.1, -0.05) is 13.8 Å². The van der Waals surface area contributed by atoms with Crippen LogP contribution in [0.25, 0.3) is 0 Å². The van der Waals surface area contributed by atoms with Gasteiger partial charge in [-0.15, -0.1) is 0 Å². The van der Waals surface area contributed by atoms with E-state index in [1.54, 1.807) is 12.4 Å². The van der Waals surface area contributed by atoms with Crippen LogP contribution in [0, 0.1) is 5.92 Å². The smallest absolute Gasteiger partial charge is 0.234 e. The number of rotatable bonds is 7. The average Bonchev–Trinajstić information content (AvgIpc) is 2.33. The summed E-state index contributed by atoms with van der Waals surface area (Å²) in [5.41, 5.74) is 1.07. The van der Waals surface area contributed by atoms with E-state index < -0.39 is 0 Å². The molecule has 0 aromatic carbocycles. The molecule has 0 aliphatic rings. The van der Waals surface area contributed by atoms with Gasteiger partial charge in [-0.05, 0) is 36.6 Å². The molecule has 0 atom stereocenters. The molecule has 0 fully saturated rings. The highest BCUT2D eigenvalue weighted by Gasteiger charge is 2.00. The molecule has 0 spiro atoms. The predicted octanol–water partition coefficient (Wildman–Crippen LogP) is 1.33. The number of pyridine rings is 1. The lowest BCUT2D eigenvalue weighted by molar-refractivity contribution is -0.120. The maximum atomic E-state index is 11.5. The Balaban J connectivity index is 2.09. The van der Waals surface area contributed by atoms with Gasteiger partial charge in [-0.3, -0.25) is 9.78 Å². The van der Waals surface area contributed by atoms with Crippen molar-refractivity contribution >= 4 is 5.91 Å². The van der Waals surface area contributed by atoms with Crippen LogP contribution in [0.1, 0.15) is 25.8 Å². The number of carbonyl (C=O) groups is 1. The molecule has 1 rings (SSSR count). The summed E-state index contributed by atoms with van der Waals surface area (Å²) in [5.74, 6) is 0.702. The van der Waals surface area contributed by atoms with Crippen LogP contribution >= 0.6 is 0 Å². The molecule has 0 aliphatic carbocycles. The van der Waals surface area contributed by atoms with Crippen molar-refractivity contribution in [1.82, 2.24) is 15.6 Å². The summed E-state index contributed by atoms with van der Waals surface area (Å²) in [6, 6.07) is 3.79. The molecule has 4 heteroatoms. The fourth-order valence-electron chi connectivity index (χ4n) is 1.36. The van der Waals surface area contributed by atoms with E-state index in [4.69, 9.17) is 0 Å². The fraction of sp³-hybridized carbons (Fsp3) is 0.538. The summed E-state index contributed by atoms with van der Waals surface area (Å²) in [7, 11) is 0. The van der Waals surface area contributed by atoms with Crippen molar-refractivity contribution in [1.29, 1.82) is 0 Å². The second kappa shape index (κ2) is 7.79. The largest absolute Gasteiger partial charge is 0.351 e. The highest BCUT2D eigenvalue weighted by molar-refractivity contribution is 5.77. The molecule has 2 N–H and O–H groups in total. The molecule has 0 radical (unpaired) electrons. The highest BCUT2D eigenvalue weighted by Crippen LogP contribution is 1.96. The number of hydrogen-bond acceptors (Lipinski definition) is 3. The Bertz CT molecular complexity index is 325. The van der Waals surface area contributed by atoms with Crippen LogP contribution in [0.2, 0.25) is 0 Å². The van der Waals surface area contributed by atoms with E-state index in [1.165, 1.54) is 0 Å². The first-order chi connectivity index (χ1) is 8.18. The van der Waals surface area contributed by atoms with Gasteiger partial charge in [0.15, 0.2) is 0 Å². The maximum absolute atomic E-state index is 11.5. The number of carbonyl (C=O) groups excluding carboxylic acids is 1. The lowest BCUT2D eigenvalue weighted by Crippen LogP contribution is -2.34. The molecule has 1 heterocycles. The molecule has 94 valence electrons. The zero-order valence-corrected chi connectivity index (χ0v) is 10.6. The SMILES string of the molecule is CC(C)CCNCC(=O)NCc1ccncc1. The van der Waals surface area contributed by atoms with Crippen LogP contribution in [-0.4, -0.2) is 24.0 Å². The Kier molecular flexibility index (Phi) is 6.25. The van der Waals surface area contributed by atoms with Crippen LogP contribution in [0.5, 0.6) is 0 Å². The topological polar surface area (TPSA) is 54.0 Å². The average molecular weight is 235 g/mol. The number of nitrogens with one attached hydrogen (secondary N) is 2. The Morgan fingerprint density at radius 3 is 2.71 bits per heavy atom. The molecule has 1 aromatic heterocycles. The number of nitrogens with zero attached hydrogens (tertiary/aromatic N) is 1. The minimum atomic E-state index is 0.0329. The third-order valence-corrected chi connectivity index (χ3v) is 2.42. The van der Waals surface area contributed by atoms with E-state index in [0.717, 1.165) is 18.5 Å². The molecule has 0 saturated carbocycles. The van der Waals surface area contributed by atoms with E-state index >= 15 is 0 Å². The second-order valence-electron chi connectivity index (χ2n) is 4.49. The highest BCUT2D eigenvalue weighted by atomic mass is 16.1. The van der Waals surface area contributed by atoms with Gasteiger partial charge in [0.2, 0.25) is 5.91 Å². The summed E-state index contributed by atoms with van der Waals surface area (Å²) in [4.78, 5) is 15.4. The van der Waals surface area contributed by atoms with Crippen molar-refractivity contribution in [2.45, 2.75) is 26.8 Å². The Morgan fingerprint density at radius 2 is 2.06 bits per heavy atom. The van der Waals surface area contributed by atoms with Gasteiger partial charge < -0.3 is 10.6 Å². The van der Waals surface area contributed by atoms with Gasteiger partial charge in [0.05, 0.1) is 6.54 Å². The van der Waals surface area contributed by atoms with E-state index in [1.807, 2.05) is 12.1 Å². The molecule has 0 saturated heterocycles. The van der Waals surface area contributed by atoms with Crippen LogP contribution in [0.4, 0.5) is 0 Å². The van der Waals surface area contributed by atoms with Crippen molar-refractivity contribution < 1.29 is 4.79 Å². The molecule has 0 unspecified atom stereocenters. The maximum Gasteiger partial charge on any atom is 0.234 e. The third kappa shape index (κ3) is 6.68. The lowest BCUT2D eigenvalue weighted by atomic mass is 10.1. The summed E-state index contributed by atoms with van der Waals surface area (Å²) in [5, 5.41) is 5.99. The standard InChI is InChI=1S/C13H21N3O/c1-11(2)3-6-15-10-13(17)16-9-12-4-7-14-8-5-12/h4-5,7-8,11,15H,3,6,9-10H2,1-2H3,(H,16,17). The first-order valence-electron chi connectivity index (χ1n) is 6.05. The lowest BCUT2D eigenvalue weighted by Gasteiger charge is -2.08.